The number of Topliss-reactive ketones (excluding diaryl/α,β-unsaturated/α-hetero) is 1. The Labute approximate surface area is 256 Å². The molecule has 1 aromatic heterocycles. The van der Waals surface area contributed by atoms with Crippen molar-refractivity contribution >= 4 is 29.4 Å². The highest BCUT2D eigenvalue weighted by Crippen LogP contribution is 2.41. The number of hydrogen-bond acceptors (Lipinski definition) is 5. The van der Waals surface area contributed by atoms with Gasteiger partial charge >= 0.3 is 5.97 Å². The number of carbonyl (C=O) groups is 3. The number of carboxylic acids is 1. The van der Waals surface area contributed by atoms with Crippen LogP contribution in [0.1, 0.15) is 57.8 Å². The zero-order valence-corrected chi connectivity index (χ0v) is 26.0. The molecule has 7 nitrogen and oxygen atoms in total. The largest absolute Gasteiger partial charge is 0.481 e. The van der Waals surface area contributed by atoms with Gasteiger partial charge in [-0.1, -0.05) is 51.1 Å². The number of benzene rings is 2. The van der Waals surface area contributed by atoms with Gasteiger partial charge in [-0.05, 0) is 55.1 Å². The van der Waals surface area contributed by atoms with Crippen LogP contribution in [0.4, 0.5) is 8.78 Å². The highest BCUT2D eigenvalue weighted by molar-refractivity contribution is 7.99. The molecule has 0 aliphatic heterocycles. The van der Waals surface area contributed by atoms with Crippen LogP contribution < -0.4 is 5.73 Å². The van der Waals surface area contributed by atoms with Gasteiger partial charge in [0.2, 0.25) is 5.91 Å². The fourth-order valence-corrected chi connectivity index (χ4v) is 6.21. The van der Waals surface area contributed by atoms with Gasteiger partial charge in [-0.15, -0.1) is 0 Å². The van der Waals surface area contributed by atoms with Crippen LogP contribution in [0.25, 0.3) is 11.1 Å². The molecule has 43 heavy (non-hydrogen) atoms. The summed E-state index contributed by atoms with van der Waals surface area (Å²) in [5.74, 6) is -3.33. The van der Waals surface area contributed by atoms with Gasteiger partial charge in [0.25, 0.3) is 0 Å². The summed E-state index contributed by atoms with van der Waals surface area (Å²) < 4.78 is 31.1. The summed E-state index contributed by atoms with van der Waals surface area (Å²) in [6, 6.07) is 14.4. The van der Waals surface area contributed by atoms with E-state index in [0.717, 1.165) is 23.4 Å². The summed E-state index contributed by atoms with van der Waals surface area (Å²) in [4.78, 5) is 38.8. The fourth-order valence-electron chi connectivity index (χ4n) is 5.21. The van der Waals surface area contributed by atoms with Gasteiger partial charge in [0, 0.05) is 48.3 Å². The average Bonchev–Trinajstić information content (AvgIpc) is 3.33. The highest BCUT2D eigenvalue weighted by Gasteiger charge is 2.37. The molecule has 0 aliphatic rings. The first kappa shape index (κ1) is 34.0. The molecule has 0 radical (unpaired) electrons. The first-order chi connectivity index (χ1) is 20.3. The van der Waals surface area contributed by atoms with Crippen molar-refractivity contribution in [3.63, 3.8) is 0 Å². The molecule has 232 valence electrons. The van der Waals surface area contributed by atoms with Crippen LogP contribution in [0.3, 0.4) is 0 Å². The van der Waals surface area contributed by atoms with Crippen molar-refractivity contribution in [3.05, 3.63) is 83.7 Å². The van der Waals surface area contributed by atoms with Crippen molar-refractivity contribution in [2.75, 3.05) is 24.6 Å². The summed E-state index contributed by atoms with van der Waals surface area (Å²) >= 11 is 1.18. The zero-order chi connectivity index (χ0) is 31.7. The molecular formula is C33H41F2N3O4S. The number of amides is 1. The number of carboxylic acid groups (broad SMARTS) is 1. The molecular weight excluding hydrogens is 572 g/mol. The molecule has 2 aromatic carbocycles. The predicted octanol–water partition coefficient (Wildman–Crippen LogP) is 6.16. The third-order valence-corrected chi connectivity index (χ3v) is 8.22. The molecule has 0 saturated carbocycles. The molecule has 1 amide bonds. The first-order valence-electron chi connectivity index (χ1n) is 14.3. The average molecular weight is 614 g/mol. The summed E-state index contributed by atoms with van der Waals surface area (Å²) in [7, 11) is 0. The van der Waals surface area contributed by atoms with Crippen LogP contribution in [-0.4, -0.2) is 56.8 Å². The number of carbonyl (C=O) groups excluding carboxylic acids is 2. The number of rotatable bonds is 15. The van der Waals surface area contributed by atoms with E-state index in [1.54, 1.807) is 11.1 Å². The molecule has 0 spiro atoms. The van der Waals surface area contributed by atoms with Gasteiger partial charge in [-0.2, -0.15) is 11.8 Å². The van der Waals surface area contributed by atoms with Crippen LogP contribution >= 0.6 is 11.8 Å². The minimum atomic E-state index is -1.07. The van der Waals surface area contributed by atoms with E-state index in [1.807, 2.05) is 61.7 Å². The van der Waals surface area contributed by atoms with Crippen molar-refractivity contribution in [2.45, 2.75) is 53.1 Å². The lowest BCUT2D eigenvalue weighted by atomic mass is 9.83. The smallest absolute Gasteiger partial charge is 0.307 e. The number of halogens is 2. The maximum atomic E-state index is 14.9. The second-order valence-electron chi connectivity index (χ2n) is 11.8. The Morgan fingerprint density at radius 1 is 1.07 bits per heavy atom. The van der Waals surface area contributed by atoms with E-state index in [9.17, 15) is 28.3 Å². The van der Waals surface area contributed by atoms with Crippen LogP contribution in [-0.2, 0) is 20.9 Å². The number of aliphatic carboxylic acids is 1. The molecule has 2 atom stereocenters. The van der Waals surface area contributed by atoms with E-state index in [1.165, 1.54) is 24.8 Å². The highest BCUT2D eigenvalue weighted by atomic mass is 32.2. The Morgan fingerprint density at radius 2 is 1.77 bits per heavy atom. The summed E-state index contributed by atoms with van der Waals surface area (Å²) in [5.41, 5.74) is 7.75. The molecule has 1 heterocycles. The molecule has 0 aliphatic carbocycles. The van der Waals surface area contributed by atoms with Crippen LogP contribution in [0.5, 0.6) is 0 Å². The maximum absolute atomic E-state index is 14.9. The monoisotopic (exact) mass is 613 g/mol. The molecule has 3 N–H and O–H groups in total. The standard InChI is InChI=1S/C33H41F2N3O4S/c1-22(39)15-25(32(41)42)20-43-21-30(40)38(14-8-13-36)31(33(2,3)4)29-16-24(27-17-26(34)11-12-28(27)35)19-37(29)18-23-9-6-5-7-10-23/h5-7,9-12,16-17,19,25,31H,8,13-15,18,20-21,36H2,1-4H3,(H,41,42)/t25-,31-/m0/s1. The van der Waals surface area contributed by atoms with Crippen molar-refractivity contribution in [2.24, 2.45) is 17.1 Å². The number of nitrogens with two attached hydrogens (primary N) is 1. The van der Waals surface area contributed by atoms with E-state index in [0.29, 0.717) is 31.6 Å². The minimum absolute atomic E-state index is 0.0175. The lowest BCUT2D eigenvalue weighted by Gasteiger charge is -2.41. The molecule has 0 fully saturated rings. The number of nitrogens with zero attached hydrogens (tertiary/aromatic N) is 2. The Bertz CT molecular complexity index is 1400. The summed E-state index contributed by atoms with van der Waals surface area (Å²) in [6.45, 7) is 8.56. The number of thioether (sulfide) groups is 1. The van der Waals surface area contributed by atoms with Crippen molar-refractivity contribution in [3.8, 4) is 11.1 Å². The molecule has 0 unspecified atom stereocenters. The Kier molecular flexibility index (Phi) is 12.1. The minimum Gasteiger partial charge on any atom is -0.481 e. The second-order valence-corrected chi connectivity index (χ2v) is 12.9. The predicted molar refractivity (Wildman–Crippen MR) is 167 cm³/mol. The van der Waals surface area contributed by atoms with E-state index < -0.39 is 35.0 Å². The SMILES string of the molecule is CC(=O)C[C@@H](CSCC(=O)N(CCCN)[C@@H](c1cc(-c2cc(F)ccc2F)cn1Cc1ccccc1)C(C)(C)C)C(=O)O. The third-order valence-electron chi connectivity index (χ3n) is 7.13. The topological polar surface area (TPSA) is 106 Å². The van der Waals surface area contributed by atoms with Gasteiger partial charge in [0.05, 0.1) is 17.7 Å². The zero-order valence-electron chi connectivity index (χ0n) is 25.2. The molecule has 3 rings (SSSR count). The summed E-state index contributed by atoms with van der Waals surface area (Å²) in [5, 5.41) is 9.51. The van der Waals surface area contributed by atoms with Crippen molar-refractivity contribution in [1.82, 2.24) is 9.47 Å². The maximum Gasteiger partial charge on any atom is 0.307 e. The first-order valence-corrected chi connectivity index (χ1v) is 15.5. The lowest BCUT2D eigenvalue weighted by molar-refractivity contribution is -0.142. The lowest BCUT2D eigenvalue weighted by Crippen LogP contribution is -2.44. The van der Waals surface area contributed by atoms with E-state index in [-0.39, 0.29) is 35.2 Å². The number of ketones is 1. The normalized spacial score (nSPS) is 13.0. The van der Waals surface area contributed by atoms with Crippen molar-refractivity contribution < 1.29 is 28.3 Å². The van der Waals surface area contributed by atoms with Crippen LogP contribution in [0, 0.1) is 23.0 Å². The third kappa shape index (κ3) is 9.49. The number of aromatic nitrogens is 1. The Balaban J connectivity index is 2.06. The van der Waals surface area contributed by atoms with Crippen LogP contribution in [0.15, 0.2) is 60.8 Å². The van der Waals surface area contributed by atoms with Gasteiger partial charge in [-0.3, -0.25) is 9.59 Å². The molecule has 3 aromatic rings. The van der Waals surface area contributed by atoms with E-state index >= 15 is 0 Å². The second kappa shape index (κ2) is 15.3. The Hall–Kier alpha value is -3.50. The molecule has 0 bridgehead atoms. The Morgan fingerprint density at radius 3 is 2.37 bits per heavy atom. The van der Waals surface area contributed by atoms with Gasteiger partial charge < -0.3 is 25.1 Å². The number of hydrogen-bond donors (Lipinski definition) is 2. The van der Waals surface area contributed by atoms with Gasteiger partial charge in [0.1, 0.15) is 17.4 Å². The fraction of sp³-hybridized carbons (Fsp3) is 0.424. The van der Waals surface area contributed by atoms with E-state index in [2.05, 4.69) is 0 Å². The van der Waals surface area contributed by atoms with Gasteiger partial charge in [-0.25, -0.2) is 8.78 Å². The molecule has 10 heteroatoms. The van der Waals surface area contributed by atoms with Crippen LogP contribution in [0.2, 0.25) is 0 Å². The van der Waals surface area contributed by atoms with Gasteiger partial charge in [0.15, 0.2) is 0 Å². The van der Waals surface area contributed by atoms with E-state index in [4.69, 9.17) is 5.73 Å². The summed E-state index contributed by atoms with van der Waals surface area (Å²) in [6.07, 6.45) is 2.23. The quantitative estimate of drug-likeness (QED) is 0.213. The van der Waals surface area contributed by atoms with Crippen molar-refractivity contribution in [1.29, 1.82) is 0 Å². The molecule has 0 saturated heterocycles.